The molecular formula is C42H65N. The summed E-state index contributed by atoms with van der Waals surface area (Å²) in [5, 5.41) is 0. The molecule has 2 aromatic carbocycles. The molecule has 0 radical (unpaired) electrons. The normalized spacial score (nSPS) is 14.9. The van der Waals surface area contributed by atoms with Crippen LogP contribution in [0.3, 0.4) is 0 Å². The van der Waals surface area contributed by atoms with Crippen LogP contribution in [0.25, 0.3) is 0 Å². The maximum atomic E-state index is 4.34. The van der Waals surface area contributed by atoms with Crippen LogP contribution in [0.4, 0.5) is 11.4 Å². The van der Waals surface area contributed by atoms with Crippen LogP contribution in [0.5, 0.6) is 0 Å². The molecule has 1 unspecified atom stereocenters. The molecule has 1 atom stereocenters. The molecular weight excluding hydrogens is 518 g/mol. The highest BCUT2D eigenvalue weighted by atomic mass is 15.1. The lowest BCUT2D eigenvalue weighted by molar-refractivity contribution is 0.368. The van der Waals surface area contributed by atoms with E-state index in [0.29, 0.717) is 0 Å². The van der Waals surface area contributed by atoms with E-state index in [0.717, 1.165) is 37.8 Å². The first-order valence-electron chi connectivity index (χ1n) is 17.2. The van der Waals surface area contributed by atoms with Gasteiger partial charge in [0.2, 0.25) is 0 Å². The van der Waals surface area contributed by atoms with E-state index in [1.165, 1.54) is 47.3 Å². The number of allylic oxidation sites excluding steroid dienone is 4. The van der Waals surface area contributed by atoms with Gasteiger partial charge in [-0.2, -0.15) is 0 Å². The Hall–Kier alpha value is -2.54. The first-order valence-corrected chi connectivity index (χ1v) is 17.2. The van der Waals surface area contributed by atoms with Crippen LogP contribution in [0.2, 0.25) is 0 Å². The van der Waals surface area contributed by atoms with Crippen molar-refractivity contribution in [2.24, 2.45) is 10.8 Å². The first-order chi connectivity index (χ1) is 20.2. The molecule has 43 heavy (non-hydrogen) atoms. The molecule has 0 spiro atoms. The Kier molecular flexibility index (Phi) is 13.2. The second-order valence-corrected chi connectivity index (χ2v) is 14.8. The summed E-state index contributed by atoms with van der Waals surface area (Å²) in [6.45, 7) is 32.3. The fraction of sp³-hybridized carbons (Fsp3) is 0.571. The highest BCUT2D eigenvalue weighted by Crippen LogP contribution is 2.40. The zero-order chi connectivity index (χ0) is 32.5. The fourth-order valence-electron chi connectivity index (χ4n) is 5.95. The number of unbranched alkanes of at least 4 members (excludes halogenated alkanes) is 1. The van der Waals surface area contributed by atoms with Gasteiger partial charge in [-0.3, -0.25) is 0 Å². The molecule has 0 saturated carbocycles. The molecule has 2 rings (SSSR count). The molecule has 1 heteroatoms. The van der Waals surface area contributed by atoms with E-state index in [1.54, 1.807) is 0 Å². The molecule has 0 aromatic heterocycles. The van der Waals surface area contributed by atoms with Crippen LogP contribution in [-0.2, 0) is 10.8 Å². The van der Waals surface area contributed by atoms with E-state index in [4.69, 9.17) is 0 Å². The summed E-state index contributed by atoms with van der Waals surface area (Å²) in [6, 6.07) is 18.6. The van der Waals surface area contributed by atoms with Gasteiger partial charge in [-0.1, -0.05) is 138 Å². The van der Waals surface area contributed by atoms with E-state index in [9.17, 15) is 0 Å². The molecule has 238 valence electrons. The van der Waals surface area contributed by atoms with Crippen molar-refractivity contribution in [3.05, 3.63) is 95.7 Å². The lowest BCUT2D eigenvalue weighted by Crippen LogP contribution is -2.21. The third-order valence-corrected chi connectivity index (χ3v) is 10.9. The smallest absolute Gasteiger partial charge is 0.0461 e. The molecule has 0 amide bonds. The molecule has 1 nitrogen and oxygen atoms in total. The van der Waals surface area contributed by atoms with Crippen LogP contribution >= 0.6 is 0 Å². The summed E-state index contributed by atoms with van der Waals surface area (Å²) in [5.41, 5.74) is 8.47. The zero-order valence-electron chi connectivity index (χ0n) is 30.2. The maximum Gasteiger partial charge on any atom is 0.0461 e. The summed E-state index contributed by atoms with van der Waals surface area (Å²) in [5.74, 6) is 0. The Morgan fingerprint density at radius 3 is 1.44 bits per heavy atom. The van der Waals surface area contributed by atoms with Crippen molar-refractivity contribution in [3.8, 4) is 0 Å². The lowest BCUT2D eigenvalue weighted by Gasteiger charge is -2.32. The summed E-state index contributed by atoms with van der Waals surface area (Å²) >= 11 is 0. The number of hydrogen-bond acceptors (Lipinski definition) is 1. The second-order valence-electron chi connectivity index (χ2n) is 14.8. The van der Waals surface area contributed by atoms with Crippen LogP contribution in [0, 0.1) is 10.8 Å². The largest absolute Gasteiger partial charge is 0.311 e. The molecule has 0 N–H and O–H groups in total. The van der Waals surface area contributed by atoms with Gasteiger partial charge >= 0.3 is 0 Å². The standard InChI is InChI=1S/C42H65N/c1-14-20-30-40(11,32-33(7)39(8,9)10)31-29-36(15-2)43(37-25-21-34(22-26-37)41(12,16-3)17-4)38-27-23-35(24-28-38)42(13,18-5)19-6/h15,21-29,32H,2,14,16-20,30-31H2,1,3-13H3/b33-32+,36-29+. The Labute approximate surface area is 267 Å². The Bertz CT molecular complexity index is 1130. The van der Waals surface area contributed by atoms with Gasteiger partial charge in [0.1, 0.15) is 0 Å². The van der Waals surface area contributed by atoms with Crippen molar-refractivity contribution in [2.45, 2.75) is 145 Å². The van der Waals surface area contributed by atoms with Gasteiger partial charge in [-0.25, -0.2) is 0 Å². The van der Waals surface area contributed by atoms with Crippen molar-refractivity contribution < 1.29 is 0 Å². The van der Waals surface area contributed by atoms with Crippen LogP contribution in [0.15, 0.2) is 84.6 Å². The summed E-state index contributed by atoms with van der Waals surface area (Å²) in [7, 11) is 0. The van der Waals surface area contributed by atoms with Gasteiger partial charge in [0.05, 0.1) is 0 Å². The Balaban J connectivity index is 2.68. The minimum atomic E-state index is 0.0924. The van der Waals surface area contributed by atoms with Crippen LogP contribution in [-0.4, -0.2) is 0 Å². The van der Waals surface area contributed by atoms with Gasteiger partial charge in [0.25, 0.3) is 0 Å². The van der Waals surface area contributed by atoms with E-state index in [1.807, 2.05) is 6.08 Å². The lowest BCUT2D eigenvalue weighted by atomic mass is 9.76. The molecule has 0 bridgehead atoms. The number of nitrogens with zero attached hydrogens (tertiary/aromatic N) is 1. The molecule has 0 aliphatic heterocycles. The van der Waals surface area contributed by atoms with Gasteiger partial charge in [0, 0.05) is 17.1 Å². The second kappa shape index (κ2) is 15.5. The number of rotatable bonds is 16. The average molecular weight is 584 g/mol. The van der Waals surface area contributed by atoms with Crippen molar-refractivity contribution in [1.29, 1.82) is 0 Å². The third kappa shape index (κ3) is 9.23. The van der Waals surface area contributed by atoms with Crippen molar-refractivity contribution >= 4 is 11.4 Å². The number of benzene rings is 2. The Morgan fingerprint density at radius 2 is 1.12 bits per heavy atom. The first kappa shape index (κ1) is 36.7. The molecule has 2 aromatic rings. The van der Waals surface area contributed by atoms with Gasteiger partial charge in [-0.15, -0.1) is 0 Å². The fourth-order valence-corrected chi connectivity index (χ4v) is 5.95. The summed E-state index contributed by atoms with van der Waals surface area (Å²) < 4.78 is 0. The highest BCUT2D eigenvalue weighted by Gasteiger charge is 2.26. The van der Waals surface area contributed by atoms with Crippen molar-refractivity contribution in [1.82, 2.24) is 0 Å². The summed E-state index contributed by atoms with van der Waals surface area (Å²) in [6.07, 6.45) is 16.2. The van der Waals surface area contributed by atoms with E-state index in [2.05, 4.69) is 155 Å². The predicted molar refractivity (Wildman–Crippen MR) is 195 cm³/mol. The van der Waals surface area contributed by atoms with Crippen molar-refractivity contribution in [2.75, 3.05) is 4.90 Å². The third-order valence-electron chi connectivity index (χ3n) is 10.9. The van der Waals surface area contributed by atoms with Crippen LogP contribution in [0.1, 0.15) is 146 Å². The van der Waals surface area contributed by atoms with E-state index in [-0.39, 0.29) is 21.7 Å². The topological polar surface area (TPSA) is 3.24 Å². The molecule has 0 aliphatic rings. The maximum absolute atomic E-state index is 4.34. The minimum absolute atomic E-state index is 0.0924. The monoisotopic (exact) mass is 584 g/mol. The SMILES string of the molecule is C=C/C(=C\CC(C)(/C=C(\C)C(C)(C)C)CCCC)N(c1ccc(C(C)(CC)CC)cc1)c1ccc(C(C)(CC)CC)cc1. The average Bonchev–Trinajstić information content (AvgIpc) is 3.01. The molecule has 0 aliphatic carbocycles. The quantitative estimate of drug-likeness (QED) is 0.140. The Morgan fingerprint density at radius 1 is 0.698 bits per heavy atom. The molecule has 0 fully saturated rings. The minimum Gasteiger partial charge on any atom is -0.311 e. The highest BCUT2D eigenvalue weighted by molar-refractivity contribution is 5.70. The number of hydrogen-bond donors (Lipinski definition) is 0. The zero-order valence-corrected chi connectivity index (χ0v) is 30.2. The van der Waals surface area contributed by atoms with Gasteiger partial charge < -0.3 is 4.90 Å². The van der Waals surface area contributed by atoms with Gasteiger partial charge in [0.15, 0.2) is 0 Å². The van der Waals surface area contributed by atoms with Gasteiger partial charge in [-0.05, 0) is 109 Å². The predicted octanol–water partition coefficient (Wildman–Crippen LogP) is 13.6. The van der Waals surface area contributed by atoms with Crippen LogP contribution < -0.4 is 4.90 Å². The van der Waals surface area contributed by atoms with E-state index < -0.39 is 0 Å². The molecule has 0 heterocycles. The van der Waals surface area contributed by atoms with E-state index >= 15 is 0 Å². The number of anilines is 2. The van der Waals surface area contributed by atoms with Crippen molar-refractivity contribution in [3.63, 3.8) is 0 Å². The molecule has 0 saturated heterocycles. The summed E-state index contributed by atoms with van der Waals surface area (Å²) in [4.78, 5) is 2.41.